The first-order chi connectivity index (χ1) is 27.8. The fourth-order valence-corrected chi connectivity index (χ4v) is 7.62. The number of hydrogen-bond donors (Lipinski definition) is 0. The monoisotopic (exact) mass is 717 g/mol. The van der Waals surface area contributed by atoms with E-state index in [0.717, 1.165) is 61.1 Å². The fourth-order valence-electron chi connectivity index (χ4n) is 7.62. The van der Waals surface area contributed by atoms with Crippen LogP contribution in [-0.4, -0.2) is 19.5 Å². The van der Waals surface area contributed by atoms with E-state index < -0.39 is 0 Å². The third-order valence-electron chi connectivity index (χ3n) is 10.3. The summed E-state index contributed by atoms with van der Waals surface area (Å²) in [5.74, 6) is 1.84. The molecule has 0 aliphatic heterocycles. The molecule has 8 aromatic carbocycles. The van der Waals surface area contributed by atoms with Crippen molar-refractivity contribution < 1.29 is 0 Å². The lowest BCUT2D eigenvalue weighted by molar-refractivity contribution is 0.953. The van der Waals surface area contributed by atoms with Crippen LogP contribution >= 0.6 is 0 Å². The van der Waals surface area contributed by atoms with Gasteiger partial charge < -0.3 is 4.90 Å². The van der Waals surface area contributed by atoms with Gasteiger partial charge in [-0.05, 0) is 70.8 Å². The standard InChI is InChI=1S/C51H35N5/c1-5-16-36(17-6-1)37-28-32-42(33-29-37)55(41-22-11-4-12-23-41)43-34-30-38(31-35-43)44-25-15-27-47-48(44)45-24-13-14-26-46(45)56(47)51-53-49(39-18-7-2-8-19-39)52-50(54-51)40-20-9-3-10-21-40/h1-35H. The summed E-state index contributed by atoms with van der Waals surface area (Å²) >= 11 is 0. The maximum atomic E-state index is 5.12. The van der Waals surface area contributed by atoms with Crippen LogP contribution in [0.3, 0.4) is 0 Å². The summed E-state index contributed by atoms with van der Waals surface area (Å²) < 4.78 is 2.18. The second kappa shape index (κ2) is 14.3. The van der Waals surface area contributed by atoms with E-state index in [9.17, 15) is 0 Å². The molecule has 0 N–H and O–H groups in total. The summed E-state index contributed by atoms with van der Waals surface area (Å²) in [4.78, 5) is 17.5. The quantitative estimate of drug-likeness (QED) is 0.157. The Bertz CT molecular complexity index is 2870. The summed E-state index contributed by atoms with van der Waals surface area (Å²) in [5, 5.41) is 2.28. The molecule has 0 atom stereocenters. The van der Waals surface area contributed by atoms with Crippen LogP contribution < -0.4 is 4.90 Å². The first-order valence-electron chi connectivity index (χ1n) is 18.8. The molecular formula is C51H35N5. The van der Waals surface area contributed by atoms with Gasteiger partial charge in [0.25, 0.3) is 0 Å². The van der Waals surface area contributed by atoms with Gasteiger partial charge in [0, 0.05) is 39.0 Å². The first kappa shape index (κ1) is 33.0. The Morgan fingerprint density at radius 1 is 0.321 bits per heavy atom. The number of anilines is 3. The van der Waals surface area contributed by atoms with Gasteiger partial charge in [-0.15, -0.1) is 0 Å². The smallest absolute Gasteiger partial charge is 0.238 e. The van der Waals surface area contributed by atoms with Gasteiger partial charge in [0.2, 0.25) is 5.95 Å². The zero-order valence-electron chi connectivity index (χ0n) is 30.4. The lowest BCUT2D eigenvalue weighted by Gasteiger charge is -2.26. The third-order valence-corrected chi connectivity index (χ3v) is 10.3. The molecule has 0 spiro atoms. The number of fused-ring (bicyclic) bond motifs is 3. The average molecular weight is 718 g/mol. The second-order valence-corrected chi connectivity index (χ2v) is 13.7. The van der Waals surface area contributed by atoms with Crippen molar-refractivity contribution in [2.24, 2.45) is 0 Å². The molecular weight excluding hydrogens is 683 g/mol. The molecule has 2 heterocycles. The molecule has 0 bridgehead atoms. The first-order valence-corrected chi connectivity index (χ1v) is 18.8. The molecule has 10 rings (SSSR count). The van der Waals surface area contributed by atoms with E-state index >= 15 is 0 Å². The zero-order chi connectivity index (χ0) is 37.3. The minimum atomic E-state index is 0.577. The third kappa shape index (κ3) is 6.07. The highest BCUT2D eigenvalue weighted by molar-refractivity contribution is 6.15. The highest BCUT2D eigenvalue weighted by Gasteiger charge is 2.20. The number of hydrogen-bond acceptors (Lipinski definition) is 4. The lowest BCUT2D eigenvalue weighted by atomic mass is 9.99. The molecule has 10 aromatic rings. The minimum Gasteiger partial charge on any atom is -0.311 e. The molecule has 0 unspecified atom stereocenters. The highest BCUT2D eigenvalue weighted by atomic mass is 15.2. The second-order valence-electron chi connectivity index (χ2n) is 13.7. The lowest BCUT2D eigenvalue weighted by Crippen LogP contribution is -2.09. The Balaban J connectivity index is 1.10. The SMILES string of the molecule is c1ccc(-c2ccc(N(c3ccccc3)c3ccc(-c4cccc5c4c4ccccc4n5-c4nc(-c5ccccc5)nc(-c5ccccc5)n4)cc3)cc2)cc1. The van der Waals surface area contributed by atoms with Gasteiger partial charge in [0.15, 0.2) is 11.6 Å². The topological polar surface area (TPSA) is 46.8 Å². The summed E-state index contributed by atoms with van der Waals surface area (Å²) in [5.41, 5.74) is 11.9. The number of nitrogens with zero attached hydrogens (tertiary/aromatic N) is 5. The van der Waals surface area contributed by atoms with Crippen molar-refractivity contribution in [1.29, 1.82) is 0 Å². The van der Waals surface area contributed by atoms with Crippen molar-refractivity contribution in [3.63, 3.8) is 0 Å². The molecule has 0 saturated carbocycles. The summed E-state index contributed by atoms with van der Waals surface area (Å²) in [6, 6.07) is 74.0. The van der Waals surface area contributed by atoms with E-state index in [1.807, 2.05) is 60.7 Å². The fraction of sp³-hybridized carbons (Fsp3) is 0. The van der Waals surface area contributed by atoms with E-state index in [4.69, 9.17) is 15.0 Å². The average Bonchev–Trinajstić information content (AvgIpc) is 3.63. The van der Waals surface area contributed by atoms with Crippen LogP contribution in [-0.2, 0) is 0 Å². The van der Waals surface area contributed by atoms with Crippen LogP contribution in [0.5, 0.6) is 0 Å². The Kier molecular flexibility index (Phi) is 8.43. The van der Waals surface area contributed by atoms with Crippen LogP contribution in [0.2, 0.25) is 0 Å². The number of aromatic nitrogens is 4. The van der Waals surface area contributed by atoms with Crippen LogP contribution in [0.4, 0.5) is 17.1 Å². The molecule has 5 nitrogen and oxygen atoms in total. The minimum absolute atomic E-state index is 0.577. The zero-order valence-corrected chi connectivity index (χ0v) is 30.4. The van der Waals surface area contributed by atoms with Gasteiger partial charge in [-0.2, -0.15) is 9.97 Å². The normalized spacial score (nSPS) is 11.2. The van der Waals surface area contributed by atoms with Gasteiger partial charge in [-0.25, -0.2) is 4.98 Å². The van der Waals surface area contributed by atoms with E-state index in [1.54, 1.807) is 0 Å². The van der Waals surface area contributed by atoms with E-state index in [1.165, 1.54) is 11.1 Å². The van der Waals surface area contributed by atoms with Crippen LogP contribution in [0, 0.1) is 0 Å². The summed E-state index contributed by atoms with van der Waals surface area (Å²) in [7, 11) is 0. The Hall–Kier alpha value is -7.63. The molecule has 5 heteroatoms. The van der Waals surface area contributed by atoms with Crippen molar-refractivity contribution in [2.75, 3.05) is 4.90 Å². The molecule has 0 radical (unpaired) electrons. The largest absolute Gasteiger partial charge is 0.311 e. The van der Waals surface area contributed by atoms with Crippen molar-refractivity contribution >= 4 is 38.9 Å². The molecule has 0 saturated heterocycles. The molecule has 264 valence electrons. The van der Waals surface area contributed by atoms with Crippen molar-refractivity contribution in [3.8, 4) is 51.0 Å². The van der Waals surface area contributed by atoms with Crippen molar-refractivity contribution in [1.82, 2.24) is 19.5 Å². The molecule has 0 amide bonds. The predicted octanol–water partition coefficient (Wildman–Crippen LogP) is 13.1. The Labute approximate surface area is 325 Å². The van der Waals surface area contributed by atoms with E-state index in [2.05, 4.69) is 161 Å². The van der Waals surface area contributed by atoms with Crippen molar-refractivity contribution in [3.05, 3.63) is 212 Å². The van der Waals surface area contributed by atoms with Gasteiger partial charge >= 0.3 is 0 Å². The predicted molar refractivity (Wildman–Crippen MR) is 231 cm³/mol. The van der Waals surface area contributed by atoms with Gasteiger partial charge in [-0.1, -0.05) is 164 Å². The molecule has 0 fully saturated rings. The maximum absolute atomic E-state index is 5.12. The molecule has 0 aliphatic rings. The van der Waals surface area contributed by atoms with Crippen molar-refractivity contribution in [2.45, 2.75) is 0 Å². The van der Waals surface area contributed by atoms with Gasteiger partial charge in [0.1, 0.15) is 0 Å². The van der Waals surface area contributed by atoms with Crippen LogP contribution in [0.15, 0.2) is 212 Å². The Morgan fingerprint density at radius 2 is 0.768 bits per heavy atom. The van der Waals surface area contributed by atoms with Crippen LogP contribution in [0.1, 0.15) is 0 Å². The number of rotatable bonds is 8. The van der Waals surface area contributed by atoms with E-state index in [-0.39, 0.29) is 0 Å². The van der Waals surface area contributed by atoms with Gasteiger partial charge in [-0.3, -0.25) is 4.57 Å². The number of benzene rings is 8. The summed E-state index contributed by atoms with van der Waals surface area (Å²) in [6.45, 7) is 0. The number of para-hydroxylation sites is 2. The molecule has 56 heavy (non-hydrogen) atoms. The molecule has 2 aromatic heterocycles. The summed E-state index contributed by atoms with van der Waals surface area (Å²) in [6.07, 6.45) is 0. The Morgan fingerprint density at radius 3 is 1.36 bits per heavy atom. The molecule has 0 aliphatic carbocycles. The van der Waals surface area contributed by atoms with Gasteiger partial charge in [0.05, 0.1) is 11.0 Å². The van der Waals surface area contributed by atoms with E-state index in [0.29, 0.717) is 17.6 Å². The maximum Gasteiger partial charge on any atom is 0.238 e. The highest BCUT2D eigenvalue weighted by Crippen LogP contribution is 2.41. The van der Waals surface area contributed by atoms with Crippen LogP contribution in [0.25, 0.3) is 72.8 Å².